The maximum absolute atomic E-state index is 12.4. The molecule has 26 heavy (non-hydrogen) atoms. The molecule has 2 aromatic rings. The first-order valence-electron chi connectivity index (χ1n) is 8.52. The summed E-state index contributed by atoms with van der Waals surface area (Å²) >= 11 is 6.27. The first-order chi connectivity index (χ1) is 12.6. The number of nitrogens with zero attached hydrogens (tertiary/aromatic N) is 1. The quantitative estimate of drug-likeness (QED) is 0.738. The molecule has 2 aromatic carbocycles. The zero-order chi connectivity index (χ0) is 18.5. The smallest absolute Gasteiger partial charge is 0.179 e. The molecule has 0 bridgehead atoms. The van der Waals surface area contributed by atoms with Crippen LogP contribution < -0.4 is 9.47 Å². The molecule has 0 spiro atoms. The number of hydrogen-bond acceptors (Lipinski definition) is 4. The summed E-state index contributed by atoms with van der Waals surface area (Å²) < 4.78 is 10.6. The van der Waals surface area contributed by atoms with Crippen molar-refractivity contribution in [3.63, 3.8) is 0 Å². The van der Waals surface area contributed by atoms with Crippen molar-refractivity contribution in [2.45, 2.75) is 13.0 Å². The van der Waals surface area contributed by atoms with Crippen LogP contribution in [0.5, 0.6) is 11.5 Å². The van der Waals surface area contributed by atoms with Gasteiger partial charge in [-0.2, -0.15) is 0 Å². The Balaban J connectivity index is 1.82. The number of halogens is 1. The van der Waals surface area contributed by atoms with Crippen molar-refractivity contribution in [2.75, 3.05) is 27.3 Å². The largest absolute Gasteiger partial charge is 0.493 e. The van der Waals surface area contributed by atoms with E-state index in [1.54, 1.807) is 20.3 Å². The maximum atomic E-state index is 12.4. The summed E-state index contributed by atoms with van der Waals surface area (Å²) in [5.41, 5.74) is 2.86. The molecule has 1 aliphatic heterocycles. The van der Waals surface area contributed by atoms with Crippen LogP contribution in [0.3, 0.4) is 0 Å². The number of carbonyl (C=O) groups is 1. The average molecular weight is 372 g/mol. The molecule has 1 saturated heterocycles. The van der Waals surface area contributed by atoms with Crippen molar-refractivity contribution in [1.82, 2.24) is 4.90 Å². The minimum absolute atomic E-state index is 0.181. The number of carbonyl (C=O) groups excluding carboxylic acids is 1. The lowest BCUT2D eigenvalue weighted by Crippen LogP contribution is -2.35. The molecule has 0 radical (unpaired) electrons. The fraction of sp³-hybridized carbons (Fsp3) is 0.286. The first kappa shape index (κ1) is 18.5. The Bertz CT molecular complexity index is 818. The van der Waals surface area contributed by atoms with Gasteiger partial charge in [0.05, 0.1) is 19.2 Å². The van der Waals surface area contributed by atoms with Crippen LogP contribution in [0, 0.1) is 0 Å². The number of likely N-dealkylation sites (tertiary alicyclic amines) is 1. The van der Waals surface area contributed by atoms with Crippen LogP contribution in [0.4, 0.5) is 0 Å². The summed E-state index contributed by atoms with van der Waals surface area (Å²) in [6.07, 6.45) is 2.42. The van der Waals surface area contributed by atoms with Gasteiger partial charge in [0.2, 0.25) is 0 Å². The van der Waals surface area contributed by atoms with Crippen LogP contribution in [-0.2, 0) is 11.3 Å². The van der Waals surface area contributed by atoms with E-state index in [9.17, 15) is 4.79 Å². The van der Waals surface area contributed by atoms with E-state index in [-0.39, 0.29) is 5.78 Å². The predicted octanol–water partition coefficient (Wildman–Crippen LogP) is 4.22. The average Bonchev–Trinajstić information content (AvgIpc) is 2.65. The van der Waals surface area contributed by atoms with Gasteiger partial charge in [-0.05, 0) is 29.3 Å². The Morgan fingerprint density at radius 1 is 1.15 bits per heavy atom. The number of piperidine rings is 1. The Kier molecular flexibility index (Phi) is 5.96. The number of benzene rings is 2. The van der Waals surface area contributed by atoms with E-state index in [0.29, 0.717) is 29.5 Å². The fourth-order valence-electron chi connectivity index (χ4n) is 3.15. The normalized spacial score (nSPS) is 16.7. The van der Waals surface area contributed by atoms with Crippen molar-refractivity contribution >= 4 is 23.5 Å². The van der Waals surface area contributed by atoms with Gasteiger partial charge >= 0.3 is 0 Å². The van der Waals surface area contributed by atoms with E-state index < -0.39 is 0 Å². The highest BCUT2D eigenvalue weighted by Gasteiger charge is 2.22. The van der Waals surface area contributed by atoms with E-state index >= 15 is 0 Å². The van der Waals surface area contributed by atoms with Gasteiger partial charge in [-0.3, -0.25) is 9.69 Å². The molecule has 0 atom stereocenters. The molecule has 1 heterocycles. The number of ketones is 1. The van der Waals surface area contributed by atoms with Crippen molar-refractivity contribution < 1.29 is 14.3 Å². The van der Waals surface area contributed by atoms with Gasteiger partial charge in [0.15, 0.2) is 17.3 Å². The van der Waals surface area contributed by atoms with Crippen LogP contribution >= 0.6 is 11.6 Å². The summed E-state index contributed by atoms with van der Waals surface area (Å²) in [4.78, 5) is 14.7. The summed E-state index contributed by atoms with van der Waals surface area (Å²) in [7, 11) is 3.12. The van der Waals surface area contributed by atoms with Crippen molar-refractivity contribution in [2.24, 2.45) is 0 Å². The van der Waals surface area contributed by atoms with E-state index in [1.165, 1.54) is 5.56 Å². The van der Waals surface area contributed by atoms with Crippen molar-refractivity contribution in [3.8, 4) is 11.5 Å². The highest BCUT2D eigenvalue weighted by atomic mass is 35.5. The molecule has 3 rings (SSSR count). The molecular weight excluding hydrogens is 350 g/mol. The Hall–Kier alpha value is -2.30. The number of methoxy groups -OCH3 is 2. The summed E-state index contributed by atoms with van der Waals surface area (Å²) in [6, 6.07) is 13.9. The zero-order valence-corrected chi connectivity index (χ0v) is 15.8. The monoisotopic (exact) mass is 371 g/mol. The molecule has 0 amide bonds. The van der Waals surface area contributed by atoms with E-state index in [1.807, 2.05) is 30.3 Å². The third-order valence-electron chi connectivity index (χ3n) is 4.45. The van der Waals surface area contributed by atoms with E-state index in [2.05, 4.69) is 17.0 Å². The van der Waals surface area contributed by atoms with Gasteiger partial charge < -0.3 is 9.47 Å². The van der Waals surface area contributed by atoms with Crippen LogP contribution in [-0.4, -0.2) is 38.0 Å². The van der Waals surface area contributed by atoms with E-state index in [4.69, 9.17) is 21.1 Å². The Morgan fingerprint density at radius 2 is 1.92 bits per heavy atom. The Morgan fingerprint density at radius 3 is 2.62 bits per heavy atom. The lowest BCUT2D eigenvalue weighted by Gasteiger charge is -2.28. The molecule has 5 heteroatoms. The van der Waals surface area contributed by atoms with Gasteiger partial charge in [0.25, 0.3) is 0 Å². The standard InChI is InChI=1S/C21H22ClNO3/c1-25-20-12-16(11-18(22)21(20)26-2)10-17-14-23(9-8-19(17)24)13-15-6-4-3-5-7-15/h3-7,10-12H,8-9,13-14H2,1-2H3/b17-10+. The third kappa shape index (κ3) is 4.26. The third-order valence-corrected chi connectivity index (χ3v) is 4.73. The molecule has 0 aromatic heterocycles. The minimum atomic E-state index is 0.181. The van der Waals surface area contributed by atoms with Crippen LogP contribution in [0.15, 0.2) is 48.0 Å². The molecule has 136 valence electrons. The van der Waals surface area contributed by atoms with Crippen molar-refractivity contribution in [1.29, 1.82) is 0 Å². The molecule has 1 fully saturated rings. The lowest BCUT2D eigenvalue weighted by atomic mass is 9.99. The second kappa shape index (κ2) is 8.39. The zero-order valence-electron chi connectivity index (χ0n) is 15.0. The number of ether oxygens (including phenoxy) is 2. The number of rotatable bonds is 5. The van der Waals surface area contributed by atoms with E-state index in [0.717, 1.165) is 24.2 Å². The summed E-state index contributed by atoms with van der Waals surface area (Å²) in [5, 5.41) is 0.461. The molecule has 4 nitrogen and oxygen atoms in total. The highest BCUT2D eigenvalue weighted by Crippen LogP contribution is 2.36. The molecule has 0 N–H and O–H groups in total. The maximum Gasteiger partial charge on any atom is 0.179 e. The SMILES string of the molecule is COc1cc(/C=C2\CN(Cc3ccccc3)CCC2=O)cc(Cl)c1OC. The molecule has 0 aliphatic carbocycles. The topological polar surface area (TPSA) is 38.8 Å². The Labute approximate surface area is 159 Å². The van der Waals surface area contributed by atoms with Crippen LogP contribution in [0.1, 0.15) is 17.5 Å². The van der Waals surface area contributed by atoms with Crippen LogP contribution in [0.2, 0.25) is 5.02 Å². The molecule has 0 saturated carbocycles. The lowest BCUT2D eigenvalue weighted by molar-refractivity contribution is -0.117. The predicted molar refractivity (Wildman–Crippen MR) is 104 cm³/mol. The van der Waals surface area contributed by atoms with Gasteiger partial charge in [0.1, 0.15) is 0 Å². The number of hydrogen-bond donors (Lipinski definition) is 0. The second-order valence-corrected chi connectivity index (χ2v) is 6.68. The molecule has 1 aliphatic rings. The second-order valence-electron chi connectivity index (χ2n) is 6.28. The van der Waals surface area contributed by atoms with Gasteiger partial charge in [-0.1, -0.05) is 41.9 Å². The molecular formula is C21H22ClNO3. The van der Waals surface area contributed by atoms with Crippen LogP contribution in [0.25, 0.3) is 6.08 Å². The van der Waals surface area contributed by atoms with Gasteiger partial charge in [-0.15, -0.1) is 0 Å². The minimum Gasteiger partial charge on any atom is -0.493 e. The first-order valence-corrected chi connectivity index (χ1v) is 8.90. The molecule has 0 unspecified atom stereocenters. The van der Waals surface area contributed by atoms with Gasteiger partial charge in [-0.25, -0.2) is 0 Å². The highest BCUT2D eigenvalue weighted by molar-refractivity contribution is 6.32. The fourth-order valence-corrected chi connectivity index (χ4v) is 3.45. The summed E-state index contributed by atoms with van der Waals surface area (Å²) in [5.74, 6) is 1.23. The van der Waals surface area contributed by atoms with Crippen molar-refractivity contribution in [3.05, 3.63) is 64.2 Å². The number of Topliss-reactive ketones (excluding diaryl/α,β-unsaturated/α-hetero) is 1. The van der Waals surface area contributed by atoms with Gasteiger partial charge in [0, 0.05) is 31.6 Å². The summed E-state index contributed by atoms with van der Waals surface area (Å²) in [6.45, 7) is 2.23.